The average Bonchev–Trinajstić information content (AvgIpc) is 3.26. The number of nitrogens with one attached hydrogen (secondary N) is 1. The lowest BCUT2D eigenvalue weighted by molar-refractivity contribution is -0.137. The molecule has 2 atom stereocenters. The van der Waals surface area contributed by atoms with Gasteiger partial charge in [0.25, 0.3) is 0 Å². The molecule has 5 nitrogen and oxygen atoms in total. The fourth-order valence-corrected chi connectivity index (χ4v) is 4.50. The third-order valence-electron chi connectivity index (χ3n) is 6.48. The van der Waals surface area contributed by atoms with Crippen LogP contribution in [0, 0.1) is 0 Å². The Morgan fingerprint density at radius 3 is 2.75 bits per heavy atom. The molecule has 32 heavy (non-hydrogen) atoms. The van der Waals surface area contributed by atoms with Crippen LogP contribution in [0.15, 0.2) is 42.6 Å². The largest absolute Gasteiger partial charge is 0.417 e. The van der Waals surface area contributed by atoms with Crippen LogP contribution in [0.4, 0.5) is 18.0 Å². The fourth-order valence-electron chi connectivity index (χ4n) is 4.50. The molecule has 2 aliphatic heterocycles. The number of carbonyl (C=O) groups excluding carboxylic acids is 1. The Hall–Kier alpha value is -2.61. The van der Waals surface area contributed by atoms with Crippen molar-refractivity contribution in [2.45, 2.75) is 50.9 Å². The van der Waals surface area contributed by atoms with Crippen LogP contribution >= 0.6 is 0 Å². The summed E-state index contributed by atoms with van der Waals surface area (Å²) in [7, 11) is 0. The summed E-state index contributed by atoms with van der Waals surface area (Å²) >= 11 is 0. The maximum atomic E-state index is 13.0. The van der Waals surface area contributed by atoms with Crippen molar-refractivity contribution in [2.24, 2.45) is 0 Å². The van der Waals surface area contributed by atoms with Gasteiger partial charge in [-0.15, -0.1) is 0 Å². The normalized spacial score (nSPS) is 19.7. The number of fused-ring (bicyclic) bond motifs is 1. The second-order valence-corrected chi connectivity index (χ2v) is 8.77. The summed E-state index contributed by atoms with van der Waals surface area (Å²) in [6.07, 6.45) is -1.17. The first-order valence-electron chi connectivity index (χ1n) is 11.2. The Kier molecular flexibility index (Phi) is 6.69. The van der Waals surface area contributed by atoms with Crippen molar-refractivity contribution in [1.82, 2.24) is 20.1 Å². The van der Waals surface area contributed by atoms with Crippen LogP contribution in [0.1, 0.15) is 48.1 Å². The van der Waals surface area contributed by atoms with E-state index >= 15 is 0 Å². The monoisotopic (exact) mass is 446 g/mol. The molecule has 2 aromatic rings. The molecule has 3 heterocycles. The molecule has 1 saturated heterocycles. The number of benzene rings is 1. The minimum atomic E-state index is -4.43. The Morgan fingerprint density at radius 1 is 1.22 bits per heavy atom. The molecule has 0 saturated carbocycles. The molecular formula is C24H29F3N4O. The molecule has 1 N–H and O–H groups in total. The van der Waals surface area contributed by atoms with E-state index in [1.165, 1.54) is 5.56 Å². The first kappa shape index (κ1) is 22.6. The number of hydrogen-bond donors (Lipinski definition) is 1. The number of halogens is 3. The van der Waals surface area contributed by atoms with E-state index in [1.807, 2.05) is 11.0 Å². The molecule has 0 aliphatic carbocycles. The van der Waals surface area contributed by atoms with E-state index in [2.05, 4.69) is 41.5 Å². The van der Waals surface area contributed by atoms with E-state index in [1.54, 1.807) is 4.90 Å². The Balaban J connectivity index is 1.27. The van der Waals surface area contributed by atoms with Gasteiger partial charge in [-0.3, -0.25) is 4.98 Å². The zero-order chi connectivity index (χ0) is 22.7. The van der Waals surface area contributed by atoms with Crippen molar-refractivity contribution in [1.29, 1.82) is 0 Å². The van der Waals surface area contributed by atoms with Gasteiger partial charge >= 0.3 is 12.2 Å². The molecule has 2 unspecified atom stereocenters. The highest BCUT2D eigenvalue weighted by Gasteiger charge is 2.34. The number of alkyl halides is 3. The van der Waals surface area contributed by atoms with E-state index in [-0.39, 0.29) is 18.6 Å². The Morgan fingerprint density at radius 2 is 2.00 bits per heavy atom. The topological polar surface area (TPSA) is 48.5 Å². The van der Waals surface area contributed by atoms with Crippen LogP contribution in [0.3, 0.4) is 0 Å². The molecule has 0 radical (unpaired) electrons. The van der Waals surface area contributed by atoms with E-state index in [4.69, 9.17) is 0 Å². The number of amides is 2. The van der Waals surface area contributed by atoms with Gasteiger partial charge in [0.2, 0.25) is 0 Å². The number of likely N-dealkylation sites (tertiary alicyclic amines) is 1. The maximum absolute atomic E-state index is 13.0. The second kappa shape index (κ2) is 9.48. The summed E-state index contributed by atoms with van der Waals surface area (Å²) < 4.78 is 39.0. The summed E-state index contributed by atoms with van der Waals surface area (Å²) in [5, 5.41) is 3.56. The number of pyridine rings is 1. The molecule has 0 spiro atoms. The van der Waals surface area contributed by atoms with Gasteiger partial charge in [-0.05, 0) is 42.5 Å². The van der Waals surface area contributed by atoms with Crippen LogP contribution in [0.5, 0.6) is 0 Å². The first-order valence-corrected chi connectivity index (χ1v) is 11.2. The summed E-state index contributed by atoms with van der Waals surface area (Å²) in [5.41, 5.74) is 1.70. The van der Waals surface area contributed by atoms with Crippen LogP contribution < -0.4 is 5.32 Å². The molecule has 2 amide bonds. The summed E-state index contributed by atoms with van der Waals surface area (Å²) in [6.45, 7) is 5.04. The molecule has 1 fully saturated rings. The van der Waals surface area contributed by atoms with Gasteiger partial charge in [0.05, 0.1) is 5.56 Å². The quantitative estimate of drug-likeness (QED) is 0.739. The minimum Gasteiger partial charge on any atom is -0.323 e. The molecular weight excluding hydrogens is 417 g/mol. The predicted molar refractivity (Wildman–Crippen MR) is 116 cm³/mol. The third-order valence-corrected chi connectivity index (χ3v) is 6.48. The molecule has 0 bridgehead atoms. The van der Waals surface area contributed by atoms with Crippen LogP contribution in [-0.2, 0) is 19.1 Å². The summed E-state index contributed by atoms with van der Waals surface area (Å²) in [4.78, 5) is 20.4. The minimum absolute atomic E-state index is 0.102. The van der Waals surface area contributed by atoms with Crippen LogP contribution in [0.2, 0.25) is 0 Å². The number of urea groups is 1. The highest BCUT2D eigenvalue weighted by atomic mass is 19.4. The van der Waals surface area contributed by atoms with E-state index in [0.29, 0.717) is 43.2 Å². The van der Waals surface area contributed by atoms with Gasteiger partial charge in [0.1, 0.15) is 0 Å². The van der Waals surface area contributed by atoms with Gasteiger partial charge in [-0.2, -0.15) is 13.2 Å². The van der Waals surface area contributed by atoms with E-state index in [0.717, 1.165) is 31.6 Å². The number of carbonyl (C=O) groups is 1. The van der Waals surface area contributed by atoms with Gasteiger partial charge in [-0.25, -0.2) is 4.79 Å². The lowest BCUT2D eigenvalue weighted by atomic mass is 9.98. The Labute approximate surface area is 186 Å². The lowest BCUT2D eigenvalue weighted by Crippen LogP contribution is -2.45. The van der Waals surface area contributed by atoms with Crippen molar-refractivity contribution >= 4 is 6.03 Å². The van der Waals surface area contributed by atoms with Crippen molar-refractivity contribution in [3.8, 4) is 0 Å². The number of hydrogen-bond acceptors (Lipinski definition) is 3. The highest BCUT2D eigenvalue weighted by Crippen LogP contribution is 2.31. The van der Waals surface area contributed by atoms with E-state index in [9.17, 15) is 18.0 Å². The molecule has 8 heteroatoms. The van der Waals surface area contributed by atoms with Crippen molar-refractivity contribution in [3.63, 3.8) is 0 Å². The third kappa shape index (κ3) is 5.23. The standard InChI is InChI=1S/C24H29F3N4O/c1-17(18-5-3-2-4-6-18)7-10-28-21-8-11-31(16-21)23(32)30-12-9-22-19(15-30)13-20(14-29-22)24(25,26)27/h2-6,13-14,17,21,28H,7-12,15-16H2,1H3. The fraction of sp³-hybridized carbons (Fsp3) is 0.500. The predicted octanol–water partition coefficient (Wildman–Crippen LogP) is 4.44. The SMILES string of the molecule is CC(CCNC1CCN(C(=O)N2CCc3ncc(C(F)(F)F)cc3C2)C1)c1ccccc1. The van der Waals surface area contributed by atoms with Crippen molar-refractivity contribution < 1.29 is 18.0 Å². The molecule has 172 valence electrons. The van der Waals surface area contributed by atoms with Gasteiger partial charge < -0.3 is 15.1 Å². The van der Waals surface area contributed by atoms with Crippen LogP contribution in [-0.4, -0.2) is 53.0 Å². The van der Waals surface area contributed by atoms with Crippen molar-refractivity contribution in [2.75, 3.05) is 26.2 Å². The lowest BCUT2D eigenvalue weighted by Gasteiger charge is -2.32. The zero-order valence-corrected chi connectivity index (χ0v) is 18.2. The second-order valence-electron chi connectivity index (χ2n) is 8.77. The van der Waals surface area contributed by atoms with E-state index < -0.39 is 11.7 Å². The highest BCUT2D eigenvalue weighted by molar-refractivity contribution is 5.75. The number of aromatic nitrogens is 1. The molecule has 2 aliphatic rings. The van der Waals surface area contributed by atoms with Gasteiger partial charge in [0.15, 0.2) is 0 Å². The van der Waals surface area contributed by atoms with Gasteiger partial charge in [-0.1, -0.05) is 37.3 Å². The van der Waals surface area contributed by atoms with Gasteiger partial charge in [0, 0.05) is 50.5 Å². The molecule has 1 aromatic heterocycles. The van der Waals surface area contributed by atoms with Crippen molar-refractivity contribution in [3.05, 3.63) is 65.0 Å². The zero-order valence-electron chi connectivity index (χ0n) is 18.2. The van der Waals surface area contributed by atoms with Crippen LogP contribution in [0.25, 0.3) is 0 Å². The number of nitrogens with zero attached hydrogens (tertiary/aromatic N) is 3. The summed E-state index contributed by atoms with van der Waals surface area (Å²) in [5.74, 6) is 0.464. The molecule has 4 rings (SSSR count). The smallest absolute Gasteiger partial charge is 0.323 e. The number of rotatable bonds is 5. The average molecular weight is 447 g/mol. The first-order chi connectivity index (χ1) is 15.3. The maximum Gasteiger partial charge on any atom is 0.417 e. The molecule has 1 aromatic carbocycles. The summed E-state index contributed by atoms with van der Waals surface area (Å²) in [6, 6.07) is 11.7. The Bertz CT molecular complexity index is 935.